The van der Waals surface area contributed by atoms with E-state index < -0.39 is 10.8 Å². The summed E-state index contributed by atoms with van der Waals surface area (Å²) in [6, 6.07) is 7.59. The molecule has 0 aliphatic carbocycles. The van der Waals surface area contributed by atoms with Crippen molar-refractivity contribution in [3.05, 3.63) is 58.8 Å². The van der Waals surface area contributed by atoms with Crippen molar-refractivity contribution >= 4 is 27.6 Å². The van der Waals surface area contributed by atoms with Gasteiger partial charge < -0.3 is 0 Å². The van der Waals surface area contributed by atoms with Crippen molar-refractivity contribution < 1.29 is 4.21 Å². The first kappa shape index (κ1) is 14.7. The second kappa shape index (κ2) is 5.34. The van der Waals surface area contributed by atoms with Crippen molar-refractivity contribution in [3.8, 4) is 5.69 Å². The second-order valence-corrected chi connectivity index (χ2v) is 6.64. The van der Waals surface area contributed by atoms with E-state index in [-0.39, 0.29) is 10.7 Å². The van der Waals surface area contributed by atoms with Crippen molar-refractivity contribution in [3.63, 3.8) is 0 Å². The first-order valence-corrected chi connectivity index (χ1v) is 8.78. The quantitative estimate of drug-likeness (QED) is 0.517. The Balaban J connectivity index is 2.20. The average molecular weight is 339 g/mol. The number of benzene rings is 1. The molecule has 3 heterocycles. The van der Waals surface area contributed by atoms with Crippen LogP contribution in [0.15, 0.2) is 52.8 Å². The van der Waals surface area contributed by atoms with Crippen LogP contribution in [0.1, 0.15) is 5.56 Å². The van der Waals surface area contributed by atoms with E-state index in [9.17, 15) is 9.00 Å². The number of rotatable bonds is 2. The van der Waals surface area contributed by atoms with E-state index in [1.54, 1.807) is 21.4 Å². The summed E-state index contributed by atoms with van der Waals surface area (Å²) in [6.07, 6.45) is 6.26. The predicted molar refractivity (Wildman–Crippen MR) is 91.0 cm³/mol. The molecule has 1 aromatic carbocycles. The lowest BCUT2D eigenvalue weighted by Gasteiger charge is -2.12. The van der Waals surface area contributed by atoms with Gasteiger partial charge in [0.2, 0.25) is 10.9 Å². The van der Waals surface area contributed by atoms with Crippen LogP contribution in [-0.4, -0.2) is 34.4 Å². The van der Waals surface area contributed by atoms with Gasteiger partial charge in [-0.15, -0.1) is 0 Å². The molecule has 7 nitrogen and oxygen atoms in total. The monoisotopic (exact) mass is 339 g/mol. The number of nitrogens with zero attached hydrogens (tertiary/aromatic N) is 5. The fourth-order valence-corrected chi connectivity index (χ4v) is 3.12. The third-order valence-electron chi connectivity index (χ3n) is 3.84. The number of hydrogen-bond donors (Lipinski definition) is 0. The predicted octanol–water partition coefficient (Wildman–Crippen LogP) is 1.47. The fourth-order valence-electron chi connectivity index (χ4n) is 2.70. The topological polar surface area (TPSA) is 82.1 Å². The lowest BCUT2D eigenvalue weighted by Crippen LogP contribution is -2.23. The zero-order valence-electron chi connectivity index (χ0n) is 13.0. The van der Waals surface area contributed by atoms with E-state index in [0.29, 0.717) is 16.8 Å². The fraction of sp³-hybridized carbons (Fsp3) is 0.125. The Morgan fingerprint density at radius 1 is 1.17 bits per heavy atom. The summed E-state index contributed by atoms with van der Waals surface area (Å²) in [4.78, 5) is 25.7. The Bertz CT molecular complexity index is 1180. The van der Waals surface area contributed by atoms with Gasteiger partial charge in [0.15, 0.2) is 5.65 Å². The van der Waals surface area contributed by atoms with E-state index in [4.69, 9.17) is 0 Å². The maximum absolute atomic E-state index is 13.0. The molecule has 0 aliphatic rings. The molecule has 0 radical (unpaired) electrons. The summed E-state index contributed by atoms with van der Waals surface area (Å²) in [7, 11) is -1.33. The van der Waals surface area contributed by atoms with E-state index in [0.717, 1.165) is 11.3 Å². The van der Waals surface area contributed by atoms with E-state index in [2.05, 4.69) is 15.0 Å². The maximum Gasteiger partial charge on any atom is 0.270 e. The van der Waals surface area contributed by atoms with Crippen molar-refractivity contribution in [2.45, 2.75) is 12.1 Å². The van der Waals surface area contributed by atoms with Crippen molar-refractivity contribution in [2.75, 3.05) is 6.26 Å². The van der Waals surface area contributed by atoms with Crippen LogP contribution >= 0.6 is 0 Å². The molecule has 0 amide bonds. The van der Waals surface area contributed by atoms with Crippen molar-refractivity contribution in [1.82, 2.24) is 23.9 Å². The first-order valence-electron chi connectivity index (χ1n) is 7.22. The molecule has 120 valence electrons. The van der Waals surface area contributed by atoms with Crippen LogP contribution in [0.25, 0.3) is 22.5 Å². The number of hydrogen-bond acceptors (Lipinski definition) is 5. The summed E-state index contributed by atoms with van der Waals surface area (Å²) in [5.74, 6) is 0.452. The Labute approximate surface area is 139 Å². The maximum atomic E-state index is 13.0. The minimum atomic E-state index is -1.33. The second-order valence-electron chi connectivity index (χ2n) is 5.37. The minimum absolute atomic E-state index is 0.186. The number of aromatic nitrogens is 5. The van der Waals surface area contributed by atoms with Crippen LogP contribution in [0, 0.1) is 6.92 Å². The molecule has 0 saturated heterocycles. The summed E-state index contributed by atoms with van der Waals surface area (Å²) >= 11 is 0. The summed E-state index contributed by atoms with van der Waals surface area (Å²) in [5, 5.41) is 0.531. The van der Waals surface area contributed by atoms with Crippen LogP contribution in [0.4, 0.5) is 0 Å². The molecular weight excluding hydrogens is 326 g/mol. The molecule has 1 atom stereocenters. The summed E-state index contributed by atoms with van der Waals surface area (Å²) in [5.41, 5.74) is 1.85. The molecule has 3 aromatic heterocycles. The highest BCUT2D eigenvalue weighted by molar-refractivity contribution is 7.84. The zero-order chi connectivity index (χ0) is 16.8. The zero-order valence-corrected chi connectivity index (χ0v) is 13.8. The molecule has 24 heavy (non-hydrogen) atoms. The molecule has 0 N–H and O–H groups in total. The number of para-hydroxylation sites is 1. The van der Waals surface area contributed by atoms with Crippen molar-refractivity contribution in [2.24, 2.45) is 0 Å². The minimum Gasteiger partial charge on any atom is -0.268 e. The first-order chi connectivity index (χ1) is 11.6. The third-order valence-corrected chi connectivity index (χ3v) is 4.55. The Morgan fingerprint density at radius 2 is 1.96 bits per heavy atom. The molecule has 0 saturated carbocycles. The van der Waals surface area contributed by atoms with Gasteiger partial charge in [-0.25, -0.2) is 19.5 Å². The molecule has 0 aliphatic heterocycles. The molecule has 0 spiro atoms. The highest BCUT2D eigenvalue weighted by Gasteiger charge is 2.16. The van der Waals surface area contributed by atoms with Gasteiger partial charge in [0.1, 0.15) is 5.39 Å². The molecule has 0 fully saturated rings. The molecule has 4 rings (SSSR count). The highest BCUT2D eigenvalue weighted by Crippen LogP contribution is 2.17. The number of fused-ring (bicyclic) bond motifs is 3. The van der Waals surface area contributed by atoms with E-state index >= 15 is 0 Å². The molecule has 0 bridgehead atoms. The van der Waals surface area contributed by atoms with Crippen LogP contribution in [0.3, 0.4) is 0 Å². The SMILES string of the molecule is Cc1ccccc1-n1c(=O)c2cnc(S(C)=O)nc2n2ccnc12. The summed E-state index contributed by atoms with van der Waals surface area (Å²) < 4.78 is 14.9. The standard InChI is InChI=1S/C16H13N5O2S/c1-10-5-3-4-6-12(10)21-14(22)11-9-18-15(24(2)23)19-13(11)20-8-7-17-16(20)21/h3-9H,1-2H3. The van der Waals surface area contributed by atoms with E-state index in [1.807, 2.05) is 31.2 Å². The third kappa shape index (κ3) is 2.07. The normalized spacial score (nSPS) is 12.8. The number of imidazole rings is 1. The van der Waals surface area contributed by atoms with Gasteiger partial charge in [-0.2, -0.15) is 0 Å². The smallest absolute Gasteiger partial charge is 0.268 e. The Kier molecular flexibility index (Phi) is 3.27. The Morgan fingerprint density at radius 3 is 2.71 bits per heavy atom. The van der Waals surface area contributed by atoms with Gasteiger partial charge in [-0.1, -0.05) is 18.2 Å². The van der Waals surface area contributed by atoms with Gasteiger partial charge in [-0.3, -0.25) is 13.4 Å². The molecule has 8 heteroatoms. The van der Waals surface area contributed by atoms with Gasteiger partial charge in [0.05, 0.1) is 16.5 Å². The van der Waals surface area contributed by atoms with Crippen molar-refractivity contribution in [1.29, 1.82) is 0 Å². The summed E-state index contributed by atoms with van der Waals surface area (Å²) in [6.45, 7) is 1.94. The van der Waals surface area contributed by atoms with Crippen LogP contribution < -0.4 is 5.56 Å². The molecule has 4 aromatic rings. The number of aryl methyl sites for hydroxylation is 1. The molecular formula is C16H13N5O2S. The van der Waals surface area contributed by atoms with E-state index in [1.165, 1.54) is 12.5 Å². The Hall–Kier alpha value is -2.87. The average Bonchev–Trinajstić information content (AvgIpc) is 3.05. The van der Waals surface area contributed by atoms with Gasteiger partial charge in [0.25, 0.3) is 5.56 Å². The van der Waals surface area contributed by atoms with Gasteiger partial charge in [0, 0.05) is 24.8 Å². The van der Waals surface area contributed by atoms with Crippen LogP contribution in [-0.2, 0) is 10.8 Å². The highest BCUT2D eigenvalue weighted by atomic mass is 32.2. The lowest BCUT2D eigenvalue weighted by atomic mass is 10.2. The largest absolute Gasteiger partial charge is 0.270 e. The molecule has 1 unspecified atom stereocenters. The van der Waals surface area contributed by atoms with Crippen LogP contribution in [0.2, 0.25) is 0 Å². The van der Waals surface area contributed by atoms with Gasteiger partial charge in [-0.05, 0) is 18.6 Å². The lowest BCUT2D eigenvalue weighted by molar-refractivity contribution is 0.680. The van der Waals surface area contributed by atoms with Gasteiger partial charge >= 0.3 is 0 Å². The van der Waals surface area contributed by atoms with Crippen LogP contribution in [0.5, 0.6) is 0 Å².